The quantitative estimate of drug-likeness (QED) is 0.882. The highest BCUT2D eigenvalue weighted by molar-refractivity contribution is 6.04. The van der Waals surface area contributed by atoms with Crippen LogP contribution in [-0.4, -0.2) is 23.3 Å². The molecule has 0 aliphatic carbocycles. The maximum Gasteiger partial charge on any atom is 0.416 e. The highest BCUT2D eigenvalue weighted by atomic mass is 19.4. The number of nitrogens with one attached hydrogen (secondary N) is 1. The molecule has 0 fully saturated rings. The highest BCUT2D eigenvalue weighted by Gasteiger charge is 2.31. The molecule has 0 bridgehead atoms. The molecule has 0 aromatic heterocycles. The molecular weight excluding hydrogens is 345 g/mol. The molecule has 1 aliphatic rings. The maximum atomic E-state index is 12.8. The van der Waals surface area contributed by atoms with Gasteiger partial charge in [-0.15, -0.1) is 0 Å². The van der Waals surface area contributed by atoms with Gasteiger partial charge in [-0.05, 0) is 47.9 Å². The molecule has 1 N–H and O–H groups in total. The first-order valence-corrected chi connectivity index (χ1v) is 8.10. The van der Waals surface area contributed by atoms with Gasteiger partial charge in [-0.25, -0.2) is 0 Å². The zero-order valence-electron chi connectivity index (χ0n) is 14.1. The van der Waals surface area contributed by atoms with Crippen molar-refractivity contribution in [2.24, 2.45) is 0 Å². The second kappa shape index (κ2) is 6.82. The maximum absolute atomic E-state index is 12.8. The fourth-order valence-electron chi connectivity index (χ4n) is 2.94. The molecule has 0 spiro atoms. The van der Waals surface area contributed by atoms with Crippen LogP contribution in [0.4, 0.5) is 18.9 Å². The first-order chi connectivity index (χ1) is 12.2. The molecule has 0 saturated heterocycles. The van der Waals surface area contributed by atoms with Crippen LogP contribution < -0.4 is 5.32 Å². The van der Waals surface area contributed by atoms with Crippen molar-refractivity contribution >= 4 is 17.5 Å². The minimum atomic E-state index is -4.50. The molecule has 4 nitrogen and oxygen atoms in total. The number of nitrogens with zero attached hydrogens (tertiary/aromatic N) is 1. The fraction of sp³-hybridized carbons (Fsp3) is 0.263. The van der Waals surface area contributed by atoms with Gasteiger partial charge in [-0.2, -0.15) is 13.2 Å². The summed E-state index contributed by atoms with van der Waals surface area (Å²) < 4.78 is 38.4. The predicted molar refractivity (Wildman–Crippen MR) is 90.6 cm³/mol. The molecule has 2 aromatic carbocycles. The summed E-state index contributed by atoms with van der Waals surface area (Å²) in [6.07, 6.45) is -3.77. The number of anilines is 1. The number of benzene rings is 2. The van der Waals surface area contributed by atoms with Crippen LogP contribution in [0.3, 0.4) is 0 Å². The van der Waals surface area contributed by atoms with Crippen LogP contribution in [0.15, 0.2) is 42.5 Å². The van der Waals surface area contributed by atoms with Gasteiger partial charge in [0, 0.05) is 31.3 Å². The monoisotopic (exact) mass is 362 g/mol. The minimum Gasteiger partial charge on any atom is -0.338 e. The molecule has 1 heterocycles. The van der Waals surface area contributed by atoms with E-state index in [0.717, 1.165) is 29.7 Å². The number of carbonyl (C=O) groups excluding carboxylic acids is 2. The van der Waals surface area contributed by atoms with Gasteiger partial charge in [0.05, 0.1) is 5.56 Å². The Kier molecular flexibility index (Phi) is 4.71. The summed E-state index contributed by atoms with van der Waals surface area (Å²) in [5, 5.41) is 2.62. The number of hydrogen-bond acceptors (Lipinski definition) is 2. The Morgan fingerprint density at radius 1 is 1.08 bits per heavy atom. The van der Waals surface area contributed by atoms with Crippen LogP contribution in [0.5, 0.6) is 0 Å². The molecule has 2 aromatic rings. The predicted octanol–water partition coefficient (Wildman–Crippen LogP) is 3.86. The molecule has 26 heavy (non-hydrogen) atoms. The van der Waals surface area contributed by atoms with Crippen molar-refractivity contribution in [2.75, 3.05) is 11.9 Å². The summed E-state index contributed by atoms with van der Waals surface area (Å²) in [5.74, 6) is -0.635. The molecule has 3 rings (SSSR count). The second-order valence-electron chi connectivity index (χ2n) is 6.21. The number of halogens is 3. The largest absolute Gasteiger partial charge is 0.416 e. The molecule has 2 amide bonds. The van der Waals surface area contributed by atoms with E-state index in [1.165, 1.54) is 19.1 Å². The van der Waals surface area contributed by atoms with Crippen molar-refractivity contribution in [3.05, 3.63) is 64.7 Å². The Hall–Kier alpha value is -2.83. The SMILES string of the molecule is CC(=O)N1CCc2ccc(NC(=O)c3cccc(C(F)(F)F)c3)cc2C1. The van der Waals surface area contributed by atoms with Gasteiger partial charge >= 0.3 is 6.18 Å². The lowest BCUT2D eigenvalue weighted by atomic mass is 9.99. The zero-order valence-corrected chi connectivity index (χ0v) is 14.1. The highest BCUT2D eigenvalue weighted by Crippen LogP contribution is 2.30. The van der Waals surface area contributed by atoms with Gasteiger partial charge in [-0.3, -0.25) is 9.59 Å². The van der Waals surface area contributed by atoms with Crippen LogP contribution in [0, 0.1) is 0 Å². The average molecular weight is 362 g/mol. The van der Waals surface area contributed by atoms with Crippen molar-refractivity contribution < 1.29 is 22.8 Å². The van der Waals surface area contributed by atoms with E-state index < -0.39 is 17.6 Å². The molecule has 0 atom stereocenters. The lowest BCUT2D eigenvalue weighted by Gasteiger charge is -2.28. The van der Waals surface area contributed by atoms with E-state index in [9.17, 15) is 22.8 Å². The number of rotatable bonds is 2. The van der Waals surface area contributed by atoms with Crippen LogP contribution in [0.2, 0.25) is 0 Å². The van der Waals surface area contributed by atoms with E-state index >= 15 is 0 Å². The van der Waals surface area contributed by atoms with Gasteiger partial charge in [-0.1, -0.05) is 12.1 Å². The smallest absolute Gasteiger partial charge is 0.338 e. The van der Waals surface area contributed by atoms with Crippen molar-refractivity contribution in [1.29, 1.82) is 0 Å². The molecule has 0 unspecified atom stereocenters. The van der Waals surface area contributed by atoms with Gasteiger partial charge < -0.3 is 10.2 Å². The lowest BCUT2D eigenvalue weighted by Crippen LogP contribution is -2.34. The molecule has 0 saturated carbocycles. The Morgan fingerprint density at radius 2 is 1.85 bits per heavy atom. The fourth-order valence-corrected chi connectivity index (χ4v) is 2.94. The molecule has 0 radical (unpaired) electrons. The van der Waals surface area contributed by atoms with Crippen molar-refractivity contribution in [3.63, 3.8) is 0 Å². The molecular formula is C19H17F3N2O2. The summed E-state index contributed by atoms with van der Waals surface area (Å²) in [7, 11) is 0. The third-order valence-electron chi connectivity index (χ3n) is 4.37. The van der Waals surface area contributed by atoms with E-state index in [2.05, 4.69) is 5.32 Å². The van der Waals surface area contributed by atoms with Gasteiger partial charge in [0.25, 0.3) is 5.91 Å². The van der Waals surface area contributed by atoms with Crippen molar-refractivity contribution in [3.8, 4) is 0 Å². The number of hydrogen-bond donors (Lipinski definition) is 1. The van der Waals surface area contributed by atoms with Crippen LogP contribution in [0.1, 0.15) is 34.0 Å². The third-order valence-corrected chi connectivity index (χ3v) is 4.37. The van der Waals surface area contributed by atoms with E-state index in [4.69, 9.17) is 0 Å². The Morgan fingerprint density at radius 3 is 2.54 bits per heavy atom. The first-order valence-electron chi connectivity index (χ1n) is 8.10. The van der Waals surface area contributed by atoms with E-state index in [1.807, 2.05) is 6.07 Å². The molecule has 136 valence electrons. The third kappa shape index (κ3) is 3.87. The number of carbonyl (C=O) groups is 2. The number of alkyl halides is 3. The van der Waals surface area contributed by atoms with Gasteiger partial charge in [0.15, 0.2) is 0 Å². The van der Waals surface area contributed by atoms with Crippen LogP contribution >= 0.6 is 0 Å². The van der Waals surface area contributed by atoms with E-state index in [1.54, 1.807) is 17.0 Å². The minimum absolute atomic E-state index is 0.0194. The molecule has 7 heteroatoms. The Balaban J connectivity index is 1.78. The van der Waals surface area contributed by atoms with Crippen molar-refractivity contribution in [1.82, 2.24) is 4.90 Å². The van der Waals surface area contributed by atoms with E-state index in [0.29, 0.717) is 18.8 Å². The van der Waals surface area contributed by atoms with Crippen LogP contribution in [0.25, 0.3) is 0 Å². The topological polar surface area (TPSA) is 49.4 Å². The van der Waals surface area contributed by atoms with E-state index in [-0.39, 0.29) is 11.5 Å². The zero-order chi connectivity index (χ0) is 18.9. The molecule has 1 aliphatic heterocycles. The van der Waals surface area contributed by atoms with Gasteiger partial charge in [0.2, 0.25) is 5.91 Å². The lowest BCUT2D eigenvalue weighted by molar-refractivity contribution is -0.137. The van der Waals surface area contributed by atoms with Crippen LogP contribution in [-0.2, 0) is 23.9 Å². The Labute approximate surface area is 148 Å². The number of amides is 2. The number of fused-ring (bicyclic) bond motifs is 1. The summed E-state index contributed by atoms with van der Waals surface area (Å²) in [4.78, 5) is 25.5. The summed E-state index contributed by atoms with van der Waals surface area (Å²) in [6, 6.07) is 9.63. The summed E-state index contributed by atoms with van der Waals surface area (Å²) >= 11 is 0. The second-order valence-corrected chi connectivity index (χ2v) is 6.21. The standard InChI is InChI=1S/C19H17F3N2O2/c1-12(25)24-8-7-13-5-6-17(10-15(13)11-24)23-18(26)14-3-2-4-16(9-14)19(20,21)22/h2-6,9-10H,7-8,11H2,1H3,(H,23,26). The first kappa shape index (κ1) is 18.0. The van der Waals surface area contributed by atoms with Gasteiger partial charge in [0.1, 0.15) is 0 Å². The summed E-state index contributed by atoms with van der Waals surface area (Å²) in [5.41, 5.74) is 1.57. The van der Waals surface area contributed by atoms with Crippen molar-refractivity contribution in [2.45, 2.75) is 26.1 Å². The average Bonchev–Trinajstić information content (AvgIpc) is 2.60. The Bertz CT molecular complexity index is 862. The normalized spacial score (nSPS) is 13.9. The summed E-state index contributed by atoms with van der Waals surface area (Å²) in [6.45, 7) is 2.61.